The second kappa shape index (κ2) is 4.72. The van der Waals surface area contributed by atoms with Gasteiger partial charge >= 0.3 is 0 Å². The highest BCUT2D eigenvalue weighted by molar-refractivity contribution is 6.04. The number of rotatable bonds is 1. The highest BCUT2D eigenvalue weighted by Gasteiger charge is 2.19. The molecule has 1 heterocycles. The summed E-state index contributed by atoms with van der Waals surface area (Å²) in [6.45, 7) is 0. The summed E-state index contributed by atoms with van der Waals surface area (Å²) < 4.78 is 6.21. The lowest BCUT2D eigenvalue weighted by Crippen LogP contribution is -1.97. The molecule has 1 heteroatoms. The highest BCUT2D eigenvalue weighted by Crippen LogP contribution is 2.47. The molecular formula is C22H14O. The van der Waals surface area contributed by atoms with Crippen LogP contribution in [-0.2, 0) is 0 Å². The zero-order valence-electron chi connectivity index (χ0n) is 12.5. The van der Waals surface area contributed by atoms with Crippen LogP contribution in [0.2, 0.25) is 0 Å². The van der Waals surface area contributed by atoms with Gasteiger partial charge in [0.05, 0.1) is 0 Å². The minimum Gasteiger partial charge on any atom is -0.456 e. The third-order valence-electron chi connectivity index (χ3n) is 4.47. The molecule has 1 nitrogen and oxygen atoms in total. The first kappa shape index (κ1) is 12.5. The van der Waals surface area contributed by atoms with Crippen molar-refractivity contribution in [1.82, 2.24) is 0 Å². The molecular weight excluding hydrogens is 280 g/mol. The molecule has 4 aromatic carbocycles. The van der Waals surface area contributed by atoms with E-state index in [4.69, 9.17) is 4.74 Å². The Balaban J connectivity index is 1.76. The van der Waals surface area contributed by atoms with E-state index in [0.29, 0.717) is 0 Å². The van der Waals surface area contributed by atoms with Crippen molar-refractivity contribution in [2.75, 3.05) is 0 Å². The molecule has 0 aliphatic carbocycles. The molecule has 0 atom stereocenters. The molecule has 0 fully saturated rings. The van der Waals surface area contributed by atoms with Crippen LogP contribution in [0.4, 0.5) is 0 Å². The van der Waals surface area contributed by atoms with E-state index < -0.39 is 0 Å². The summed E-state index contributed by atoms with van der Waals surface area (Å²) in [6.07, 6.45) is 0. The minimum atomic E-state index is 0.928. The van der Waals surface area contributed by atoms with E-state index in [1.54, 1.807) is 0 Å². The summed E-state index contributed by atoms with van der Waals surface area (Å²) >= 11 is 0. The maximum atomic E-state index is 6.21. The third-order valence-corrected chi connectivity index (χ3v) is 4.47. The fourth-order valence-electron chi connectivity index (χ4n) is 3.37. The van der Waals surface area contributed by atoms with Crippen LogP contribution in [0.25, 0.3) is 33.0 Å². The summed E-state index contributed by atoms with van der Waals surface area (Å²) in [7, 11) is 0. The van der Waals surface area contributed by atoms with Crippen molar-refractivity contribution in [3.05, 3.63) is 84.9 Å². The van der Waals surface area contributed by atoms with Crippen LogP contribution in [-0.4, -0.2) is 0 Å². The second-order valence-electron chi connectivity index (χ2n) is 5.84. The van der Waals surface area contributed by atoms with E-state index in [2.05, 4.69) is 66.7 Å². The van der Waals surface area contributed by atoms with E-state index in [9.17, 15) is 0 Å². The molecule has 1 aliphatic heterocycles. The molecule has 23 heavy (non-hydrogen) atoms. The van der Waals surface area contributed by atoms with Gasteiger partial charge in [0.25, 0.3) is 0 Å². The fourth-order valence-corrected chi connectivity index (χ4v) is 3.37. The van der Waals surface area contributed by atoms with Crippen LogP contribution in [0.5, 0.6) is 11.5 Å². The largest absolute Gasteiger partial charge is 0.456 e. The maximum absolute atomic E-state index is 6.21. The van der Waals surface area contributed by atoms with Crippen molar-refractivity contribution < 1.29 is 4.74 Å². The van der Waals surface area contributed by atoms with Crippen molar-refractivity contribution in [2.24, 2.45) is 0 Å². The number of ether oxygens (including phenoxy) is 1. The molecule has 0 spiro atoms. The monoisotopic (exact) mass is 294 g/mol. The predicted molar refractivity (Wildman–Crippen MR) is 94.9 cm³/mol. The van der Waals surface area contributed by atoms with Crippen molar-refractivity contribution in [3.8, 4) is 33.8 Å². The second-order valence-corrected chi connectivity index (χ2v) is 5.84. The average Bonchev–Trinajstić information content (AvgIpc) is 2.62. The molecule has 108 valence electrons. The molecule has 0 saturated heterocycles. The van der Waals surface area contributed by atoms with Gasteiger partial charge in [-0.15, -0.1) is 0 Å². The molecule has 0 unspecified atom stereocenters. The topological polar surface area (TPSA) is 9.23 Å². The van der Waals surface area contributed by atoms with Crippen LogP contribution in [0, 0.1) is 0 Å². The highest BCUT2D eigenvalue weighted by atomic mass is 16.5. The van der Waals surface area contributed by atoms with E-state index in [1.807, 2.05) is 18.2 Å². The predicted octanol–water partition coefficient (Wildman–Crippen LogP) is 6.28. The van der Waals surface area contributed by atoms with Crippen LogP contribution in [0.1, 0.15) is 0 Å². The SMILES string of the molecule is c1ccc(-c2ccc3c(c2)Oc2cccc4cccc-3c24)cc1. The van der Waals surface area contributed by atoms with E-state index in [0.717, 1.165) is 17.1 Å². The summed E-state index contributed by atoms with van der Waals surface area (Å²) in [5.74, 6) is 1.87. The molecule has 5 rings (SSSR count). The first-order valence-corrected chi connectivity index (χ1v) is 7.79. The Morgan fingerprint density at radius 2 is 1.35 bits per heavy atom. The Bertz CT molecular complexity index is 1030. The normalized spacial score (nSPS) is 11.8. The molecule has 4 aromatic rings. The Morgan fingerprint density at radius 1 is 0.522 bits per heavy atom. The van der Waals surface area contributed by atoms with Crippen LogP contribution < -0.4 is 4.74 Å². The molecule has 1 aliphatic rings. The standard InChI is InChI=1S/C22H14O/c1-2-6-15(7-3-1)17-12-13-18-19-10-4-8-16-9-5-11-20(22(16)19)23-21(18)14-17/h1-14H. The molecule has 0 amide bonds. The lowest BCUT2D eigenvalue weighted by Gasteiger charge is -2.21. The molecule has 0 N–H and O–H groups in total. The number of hydrogen-bond acceptors (Lipinski definition) is 1. The van der Waals surface area contributed by atoms with Gasteiger partial charge in [-0.3, -0.25) is 0 Å². The van der Waals surface area contributed by atoms with Crippen molar-refractivity contribution in [2.45, 2.75) is 0 Å². The quantitative estimate of drug-likeness (QED) is 0.353. The summed E-state index contributed by atoms with van der Waals surface area (Å²) in [5, 5.41) is 2.42. The van der Waals surface area contributed by atoms with Gasteiger partial charge in [0, 0.05) is 10.9 Å². The number of benzene rings is 4. The lowest BCUT2D eigenvalue weighted by molar-refractivity contribution is 0.487. The summed E-state index contributed by atoms with van der Waals surface area (Å²) in [5.41, 5.74) is 4.79. The third kappa shape index (κ3) is 1.87. The van der Waals surface area contributed by atoms with Gasteiger partial charge < -0.3 is 4.74 Å². The Morgan fingerprint density at radius 3 is 2.22 bits per heavy atom. The summed E-state index contributed by atoms with van der Waals surface area (Å²) in [4.78, 5) is 0. The first-order chi connectivity index (χ1) is 11.4. The fraction of sp³-hybridized carbons (Fsp3) is 0. The van der Waals surface area contributed by atoms with Crippen LogP contribution >= 0.6 is 0 Å². The Labute approximate surface area is 134 Å². The van der Waals surface area contributed by atoms with Gasteiger partial charge in [0.15, 0.2) is 0 Å². The average molecular weight is 294 g/mol. The van der Waals surface area contributed by atoms with Gasteiger partial charge in [0.2, 0.25) is 0 Å². The smallest absolute Gasteiger partial charge is 0.135 e. The van der Waals surface area contributed by atoms with Gasteiger partial charge in [-0.2, -0.15) is 0 Å². The first-order valence-electron chi connectivity index (χ1n) is 7.79. The zero-order chi connectivity index (χ0) is 15.2. The van der Waals surface area contributed by atoms with Crippen LogP contribution in [0.15, 0.2) is 84.9 Å². The van der Waals surface area contributed by atoms with Gasteiger partial charge in [0.1, 0.15) is 11.5 Å². The van der Waals surface area contributed by atoms with Crippen molar-refractivity contribution in [3.63, 3.8) is 0 Å². The zero-order valence-corrected chi connectivity index (χ0v) is 12.5. The van der Waals surface area contributed by atoms with Crippen molar-refractivity contribution in [1.29, 1.82) is 0 Å². The summed E-state index contributed by atoms with van der Waals surface area (Å²) in [6, 6.07) is 29.5. The molecule has 0 radical (unpaired) electrons. The maximum Gasteiger partial charge on any atom is 0.135 e. The minimum absolute atomic E-state index is 0.928. The Hall–Kier alpha value is -3.06. The molecule has 0 saturated carbocycles. The van der Waals surface area contributed by atoms with Gasteiger partial charge in [-0.1, -0.05) is 66.7 Å². The van der Waals surface area contributed by atoms with E-state index in [-0.39, 0.29) is 0 Å². The number of fused-ring (bicyclic) bond motifs is 2. The number of hydrogen-bond donors (Lipinski definition) is 0. The van der Waals surface area contributed by atoms with Crippen LogP contribution in [0.3, 0.4) is 0 Å². The molecule has 0 bridgehead atoms. The molecule has 0 aromatic heterocycles. The van der Waals surface area contributed by atoms with E-state index >= 15 is 0 Å². The van der Waals surface area contributed by atoms with Crippen molar-refractivity contribution >= 4 is 10.8 Å². The van der Waals surface area contributed by atoms with Gasteiger partial charge in [-0.05, 0) is 40.3 Å². The van der Waals surface area contributed by atoms with E-state index in [1.165, 1.54) is 27.5 Å². The lowest BCUT2D eigenvalue weighted by atomic mass is 9.93. The Kier molecular flexibility index (Phi) is 2.56. The van der Waals surface area contributed by atoms with Gasteiger partial charge in [-0.25, -0.2) is 0 Å².